The minimum atomic E-state index is 0.783. The van der Waals surface area contributed by atoms with Crippen LogP contribution in [0.25, 0.3) is 0 Å². The standard InChI is InChI=1S/C15H16ClN/c1-17(15-9-7-14(16)8-10-15)12-11-13-5-3-2-4-6-13/h2-10H,11-12H2,1H3. The van der Waals surface area contributed by atoms with Crippen molar-refractivity contribution in [3.05, 3.63) is 65.2 Å². The lowest BCUT2D eigenvalue weighted by Gasteiger charge is -2.19. The fourth-order valence-corrected chi connectivity index (χ4v) is 1.89. The van der Waals surface area contributed by atoms with Gasteiger partial charge >= 0.3 is 0 Å². The predicted molar refractivity (Wildman–Crippen MR) is 74.9 cm³/mol. The van der Waals surface area contributed by atoms with E-state index >= 15 is 0 Å². The van der Waals surface area contributed by atoms with Gasteiger partial charge < -0.3 is 4.90 Å². The van der Waals surface area contributed by atoms with E-state index in [1.165, 1.54) is 11.3 Å². The third-order valence-corrected chi connectivity index (χ3v) is 3.10. The van der Waals surface area contributed by atoms with Crippen LogP contribution in [-0.2, 0) is 6.42 Å². The molecule has 2 aromatic carbocycles. The summed E-state index contributed by atoms with van der Waals surface area (Å²) in [5.74, 6) is 0. The van der Waals surface area contributed by atoms with E-state index in [4.69, 9.17) is 11.6 Å². The van der Waals surface area contributed by atoms with Gasteiger partial charge in [0.2, 0.25) is 0 Å². The number of hydrogen-bond donors (Lipinski definition) is 0. The van der Waals surface area contributed by atoms with Crippen molar-refractivity contribution in [2.45, 2.75) is 6.42 Å². The molecule has 0 aromatic heterocycles. The van der Waals surface area contributed by atoms with Gasteiger partial charge in [0.1, 0.15) is 0 Å². The zero-order valence-corrected chi connectivity index (χ0v) is 10.7. The Morgan fingerprint density at radius 1 is 0.941 bits per heavy atom. The first-order chi connectivity index (χ1) is 8.25. The van der Waals surface area contributed by atoms with Crippen LogP contribution >= 0.6 is 11.6 Å². The van der Waals surface area contributed by atoms with Crippen LogP contribution in [0.3, 0.4) is 0 Å². The monoisotopic (exact) mass is 245 g/mol. The summed E-state index contributed by atoms with van der Waals surface area (Å²) < 4.78 is 0. The molecule has 17 heavy (non-hydrogen) atoms. The molecule has 2 heteroatoms. The average molecular weight is 246 g/mol. The molecule has 0 spiro atoms. The summed E-state index contributed by atoms with van der Waals surface area (Å²) in [4.78, 5) is 2.24. The Kier molecular flexibility index (Phi) is 4.05. The van der Waals surface area contributed by atoms with E-state index in [9.17, 15) is 0 Å². The summed E-state index contributed by atoms with van der Waals surface area (Å²) in [6.45, 7) is 1.01. The van der Waals surface area contributed by atoms with E-state index in [0.717, 1.165) is 18.0 Å². The predicted octanol–water partition coefficient (Wildman–Crippen LogP) is 4.02. The Morgan fingerprint density at radius 3 is 2.24 bits per heavy atom. The third kappa shape index (κ3) is 3.50. The molecule has 0 unspecified atom stereocenters. The highest BCUT2D eigenvalue weighted by atomic mass is 35.5. The van der Waals surface area contributed by atoms with Crippen LogP contribution in [-0.4, -0.2) is 13.6 Å². The molecule has 0 saturated heterocycles. The van der Waals surface area contributed by atoms with Crippen LogP contribution in [0.15, 0.2) is 54.6 Å². The van der Waals surface area contributed by atoms with Gasteiger partial charge in [-0.05, 0) is 36.2 Å². The Hall–Kier alpha value is -1.47. The molecular formula is C15H16ClN. The normalized spacial score (nSPS) is 10.2. The van der Waals surface area contributed by atoms with Crippen LogP contribution in [0.4, 0.5) is 5.69 Å². The first kappa shape index (κ1) is 12.0. The van der Waals surface area contributed by atoms with Crippen molar-refractivity contribution >= 4 is 17.3 Å². The van der Waals surface area contributed by atoms with Crippen molar-refractivity contribution in [3.63, 3.8) is 0 Å². The largest absolute Gasteiger partial charge is 0.374 e. The molecule has 0 atom stereocenters. The zero-order chi connectivity index (χ0) is 12.1. The van der Waals surface area contributed by atoms with E-state index < -0.39 is 0 Å². The second-order valence-corrected chi connectivity index (χ2v) is 4.57. The van der Waals surface area contributed by atoms with E-state index in [0.29, 0.717) is 0 Å². The lowest BCUT2D eigenvalue weighted by Crippen LogP contribution is -2.20. The van der Waals surface area contributed by atoms with E-state index in [1.54, 1.807) is 0 Å². The fourth-order valence-electron chi connectivity index (χ4n) is 1.77. The lowest BCUT2D eigenvalue weighted by molar-refractivity contribution is 0.877. The van der Waals surface area contributed by atoms with Crippen LogP contribution in [0.1, 0.15) is 5.56 Å². The number of hydrogen-bond acceptors (Lipinski definition) is 1. The molecule has 0 fully saturated rings. The number of halogens is 1. The molecule has 0 N–H and O–H groups in total. The van der Waals surface area contributed by atoms with E-state index in [2.05, 4.69) is 36.2 Å². The minimum Gasteiger partial charge on any atom is -0.374 e. The summed E-state index contributed by atoms with van der Waals surface area (Å²) in [6.07, 6.45) is 1.06. The number of likely N-dealkylation sites (N-methyl/N-ethyl adjacent to an activating group) is 1. The highest BCUT2D eigenvalue weighted by molar-refractivity contribution is 6.30. The molecular weight excluding hydrogens is 230 g/mol. The molecule has 1 nitrogen and oxygen atoms in total. The maximum atomic E-state index is 5.87. The topological polar surface area (TPSA) is 3.24 Å². The SMILES string of the molecule is CN(CCc1ccccc1)c1ccc(Cl)cc1. The number of benzene rings is 2. The lowest BCUT2D eigenvalue weighted by atomic mass is 10.1. The molecule has 0 aliphatic rings. The second kappa shape index (κ2) is 5.74. The smallest absolute Gasteiger partial charge is 0.0407 e. The van der Waals surface area contributed by atoms with Gasteiger partial charge in [-0.25, -0.2) is 0 Å². The highest BCUT2D eigenvalue weighted by Crippen LogP contribution is 2.17. The van der Waals surface area contributed by atoms with Crippen LogP contribution in [0, 0.1) is 0 Å². The molecule has 0 heterocycles. The van der Waals surface area contributed by atoms with Crippen molar-refractivity contribution in [3.8, 4) is 0 Å². The number of nitrogens with zero attached hydrogens (tertiary/aromatic N) is 1. The average Bonchev–Trinajstić information content (AvgIpc) is 2.38. The van der Waals surface area contributed by atoms with Crippen molar-refractivity contribution in [1.82, 2.24) is 0 Å². The molecule has 0 amide bonds. The first-order valence-electron chi connectivity index (χ1n) is 5.76. The van der Waals surface area contributed by atoms with Crippen LogP contribution in [0.2, 0.25) is 5.02 Å². The summed E-state index contributed by atoms with van der Waals surface area (Å²) in [5, 5.41) is 0.783. The van der Waals surface area contributed by atoms with Gasteiger partial charge in [-0.3, -0.25) is 0 Å². The summed E-state index contributed by atoms with van der Waals surface area (Å²) >= 11 is 5.87. The molecule has 0 bridgehead atoms. The van der Waals surface area contributed by atoms with Gasteiger partial charge in [0, 0.05) is 24.3 Å². The Labute approximate surface area is 108 Å². The van der Waals surface area contributed by atoms with Gasteiger partial charge in [0.05, 0.1) is 0 Å². The summed E-state index contributed by atoms with van der Waals surface area (Å²) in [5.41, 5.74) is 2.57. The number of anilines is 1. The van der Waals surface area contributed by atoms with E-state index in [1.807, 2.05) is 30.3 Å². The Bertz CT molecular complexity index is 450. The van der Waals surface area contributed by atoms with Crippen LogP contribution in [0.5, 0.6) is 0 Å². The summed E-state index contributed by atoms with van der Waals surface area (Å²) in [7, 11) is 2.10. The maximum Gasteiger partial charge on any atom is 0.0407 e. The van der Waals surface area contributed by atoms with Crippen molar-refractivity contribution in [1.29, 1.82) is 0 Å². The quantitative estimate of drug-likeness (QED) is 0.787. The molecule has 2 aromatic rings. The zero-order valence-electron chi connectivity index (χ0n) is 9.94. The summed E-state index contributed by atoms with van der Waals surface area (Å²) in [6, 6.07) is 18.5. The molecule has 0 aliphatic carbocycles. The Morgan fingerprint density at radius 2 is 1.59 bits per heavy atom. The van der Waals surface area contributed by atoms with Gasteiger partial charge in [0.25, 0.3) is 0 Å². The van der Waals surface area contributed by atoms with Crippen molar-refractivity contribution < 1.29 is 0 Å². The third-order valence-electron chi connectivity index (χ3n) is 2.85. The van der Waals surface area contributed by atoms with Gasteiger partial charge in [-0.2, -0.15) is 0 Å². The van der Waals surface area contributed by atoms with Crippen LogP contribution < -0.4 is 4.90 Å². The second-order valence-electron chi connectivity index (χ2n) is 4.13. The van der Waals surface area contributed by atoms with Gasteiger partial charge in [0.15, 0.2) is 0 Å². The Balaban J connectivity index is 1.93. The fraction of sp³-hybridized carbons (Fsp3) is 0.200. The molecule has 2 rings (SSSR count). The number of rotatable bonds is 4. The van der Waals surface area contributed by atoms with Gasteiger partial charge in [-0.1, -0.05) is 41.9 Å². The molecule has 0 aliphatic heterocycles. The first-order valence-corrected chi connectivity index (χ1v) is 6.14. The maximum absolute atomic E-state index is 5.87. The molecule has 0 radical (unpaired) electrons. The van der Waals surface area contributed by atoms with Gasteiger partial charge in [-0.15, -0.1) is 0 Å². The molecule has 88 valence electrons. The minimum absolute atomic E-state index is 0.783. The van der Waals surface area contributed by atoms with Crippen molar-refractivity contribution in [2.24, 2.45) is 0 Å². The van der Waals surface area contributed by atoms with Crippen molar-refractivity contribution in [2.75, 3.05) is 18.5 Å². The van der Waals surface area contributed by atoms with E-state index in [-0.39, 0.29) is 0 Å². The molecule has 0 saturated carbocycles. The highest BCUT2D eigenvalue weighted by Gasteiger charge is 2.00.